The van der Waals surface area contributed by atoms with Crippen LogP contribution < -0.4 is 5.56 Å². The normalized spacial score (nSPS) is 24.2. The second-order valence-corrected chi connectivity index (χ2v) is 5.95. The summed E-state index contributed by atoms with van der Waals surface area (Å²) < 4.78 is 5.45. The molecule has 2 fully saturated rings. The highest BCUT2D eigenvalue weighted by Crippen LogP contribution is 2.32. The lowest BCUT2D eigenvalue weighted by Gasteiger charge is -2.22. The van der Waals surface area contributed by atoms with Gasteiger partial charge >= 0.3 is 6.09 Å². The zero-order valence-electron chi connectivity index (χ0n) is 12.7. The third-order valence-electron chi connectivity index (χ3n) is 4.33. The van der Waals surface area contributed by atoms with E-state index in [-0.39, 0.29) is 17.6 Å². The average molecular weight is 305 g/mol. The molecule has 1 N–H and O–H groups in total. The van der Waals surface area contributed by atoms with Gasteiger partial charge in [0.1, 0.15) is 0 Å². The molecule has 22 heavy (non-hydrogen) atoms. The van der Waals surface area contributed by atoms with Gasteiger partial charge in [0.15, 0.2) is 5.60 Å². The zero-order valence-corrected chi connectivity index (χ0v) is 12.7. The molecule has 1 atom stereocenters. The first kappa shape index (κ1) is 14.6. The smallest absolute Gasteiger partial charge is 0.410 e. The maximum Gasteiger partial charge on any atom is 0.410 e. The van der Waals surface area contributed by atoms with Crippen LogP contribution in [0.4, 0.5) is 4.79 Å². The van der Waals surface area contributed by atoms with Gasteiger partial charge in [0, 0.05) is 31.8 Å². The lowest BCUT2D eigenvalue weighted by molar-refractivity contribution is 0.0552. The Balaban J connectivity index is 1.80. The summed E-state index contributed by atoms with van der Waals surface area (Å²) >= 11 is 0. The first-order valence-electron chi connectivity index (χ1n) is 7.40. The van der Waals surface area contributed by atoms with Crippen molar-refractivity contribution in [3.05, 3.63) is 33.7 Å². The van der Waals surface area contributed by atoms with Gasteiger partial charge in [0.2, 0.25) is 5.56 Å². The number of H-pyrrole nitrogens is 1. The Hall–Kier alpha value is -2.31. The molecule has 0 aromatic carbocycles. The first-order chi connectivity index (χ1) is 10.4. The Morgan fingerprint density at radius 2 is 2.14 bits per heavy atom. The number of carbonyl (C=O) groups excluding carboxylic acids is 2. The number of likely N-dealkylation sites (tertiary alicyclic amines) is 1. The van der Waals surface area contributed by atoms with Crippen LogP contribution in [0.5, 0.6) is 0 Å². The van der Waals surface area contributed by atoms with Gasteiger partial charge in [-0.3, -0.25) is 9.59 Å². The summed E-state index contributed by atoms with van der Waals surface area (Å²) in [6.45, 7) is 3.33. The number of pyridine rings is 1. The number of nitrogens with zero attached hydrogens (tertiary/aromatic N) is 2. The van der Waals surface area contributed by atoms with Crippen molar-refractivity contribution in [3.63, 3.8) is 0 Å². The Bertz CT molecular complexity index is 684. The number of ether oxygens (including phenoxy) is 1. The topological polar surface area (TPSA) is 82.7 Å². The fourth-order valence-electron chi connectivity index (χ4n) is 3.19. The van der Waals surface area contributed by atoms with Crippen molar-refractivity contribution in [2.45, 2.75) is 25.4 Å². The minimum Gasteiger partial charge on any atom is -0.439 e. The number of aromatic amines is 1. The zero-order chi connectivity index (χ0) is 15.9. The Morgan fingerprint density at radius 3 is 2.77 bits per heavy atom. The number of nitrogens with one attached hydrogen (secondary N) is 1. The molecule has 0 aliphatic carbocycles. The number of hydrogen-bond donors (Lipinski definition) is 1. The molecule has 7 nitrogen and oxygen atoms in total. The largest absolute Gasteiger partial charge is 0.439 e. The fourth-order valence-corrected chi connectivity index (χ4v) is 3.19. The summed E-state index contributed by atoms with van der Waals surface area (Å²) in [6, 6.07) is 2.93. The van der Waals surface area contributed by atoms with E-state index >= 15 is 0 Å². The van der Waals surface area contributed by atoms with Crippen LogP contribution in [-0.2, 0) is 11.2 Å². The lowest BCUT2D eigenvalue weighted by atomic mass is 10.0. The minimum atomic E-state index is -0.587. The number of rotatable bonds is 2. The van der Waals surface area contributed by atoms with Crippen molar-refractivity contribution >= 4 is 12.0 Å². The molecular weight excluding hydrogens is 286 g/mol. The molecule has 0 saturated carbocycles. The first-order valence-corrected chi connectivity index (χ1v) is 7.40. The molecule has 1 aromatic heterocycles. The van der Waals surface area contributed by atoms with Crippen LogP contribution in [0.2, 0.25) is 0 Å². The molecule has 3 heterocycles. The second-order valence-electron chi connectivity index (χ2n) is 5.95. The van der Waals surface area contributed by atoms with Gasteiger partial charge in [-0.1, -0.05) is 6.92 Å². The predicted molar refractivity (Wildman–Crippen MR) is 78.8 cm³/mol. The summed E-state index contributed by atoms with van der Waals surface area (Å²) in [4.78, 5) is 41.6. The molecule has 0 radical (unpaired) electrons. The average Bonchev–Trinajstić information content (AvgIpc) is 3.01. The van der Waals surface area contributed by atoms with Crippen molar-refractivity contribution in [1.29, 1.82) is 0 Å². The molecule has 1 spiro atoms. The van der Waals surface area contributed by atoms with E-state index in [1.807, 2.05) is 6.92 Å². The van der Waals surface area contributed by atoms with Crippen LogP contribution in [0.15, 0.2) is 16.9 Å². The van der Waals surface area contributed by atoms with E-state index in [0.29, 0.717) is 43.7 Å². The molecule has 1 aromatic rings. The SMILES string of the molecule is CCc1[nH]c(=O)ccc1C(=O)N1CCC2(CN(C)C(=O)O2)C1. The van der Waals surface area contributed by atoms with Gasteiger partial charge in [-0.05, 0) is 12.5 Å². The van der Waals surface area contributed by atoms with E-state index in [9.17, 15) is 14.4 Å². The van der Waals surface area contributed by atoms with Crippen molar-refractivity contribution in [1.82, 2.24) is 14.8 Å². The highest BCUT2D eigenvalue weighted by molar-refractivity contribution is 5.95. The van der Waals surface area contributed by atoms with Gasteiger partial charge in [-0.2, -0.15) is 0 Å². The van der Waals surface area contributed by atoms with Crippen molar-refractivity contribution in [2.24, 2.45) is 0 Å². The Morgan fingerprint density at radius 1 is 1.36 bits per heavy atom. The number of amides is 2. The van der Waals surface area contributed by atoms with Gasteiger partial charge in [0.25, 0.3) is 5.91 Å². The summed E-state index contributed by atoms with van der Waals surface area (Å²) in [6.07, 6.45) is 0.876. The van der Waals surface area contributed by atoms with Crippen molar-refractivity contribution < 1.29 is 14.3 Å². The molecular formula is C15H19N3O4. The Labute approximate surface area is 127 Å². The highest BCUT2D eigenvalue weighted by atomic mass is 16.6. The molecule has 2 aliphatic heterocycles. The molecule has 7 heteroatoms. The molecule has 2 saturated heterocycles. The molecule has 2 aliphatic rings. The van der Waals surface area contributed by atoms with E-state index in [1.165, 1.54) is 11.0 Å². The van der Waals surface area contributed by atoms with Crippen LogP contribution in [0, 0.1) is 0 Å². The van der Waals surface area contributed by atoms with Crippen LogP contribution in [0.25, 0.3) is 0 Å². The Kier molecular flexibility index (Phi) is 3.42. The highest BCUT2D eigenvalue weighted by Gasteiger charge is 2.49. The van der Waals surface area contributed by atoms with E-state index in [1.54, 1.807) is 18.0 Å². The number of aromatic nitrogens is 1. The van der Waals surface area contributed by atoms with E-state index in [2.05, 4.69) is 4.98 Å². The van der Waals surface area contributed by atoms with Gasteiger partial charge in [-0.15, -0.1) is 0 Å². The molecule has 3 rings (SSSR count). The van der Waals surface area contributed by atoms with Crippen molar-refractivity contribution in [2.75, 3.05) is 26.7 Å². The van der Waals surface area contributed by atoms with Crippen molar-refractivity contribution in [3.8, 4) is 0 Å². The van der Waals surface area contributed by atoms with Crippen LogP contribution in [0.3, 0.4) is 0 Å². The minimum absolute atomic E-state index is 0.129. The summed E-state index contributed by atoms with van der Waals surface area (Å²) in [5.74, 6) is -0.129. The number of aryl methyl sites for hydroxylation is 1. The summed E-state index contributed by atoms with van der Waals surface area (Å²) in [7, 11) is 1.69. The third kappa shape index (κ3) is 2.36. The molecule has 0 bridgehead atoms. The third-order valence-corrected chi connectivity index (χ3v) is 4.33. The van der Waals surface area contributed by atoms with E-state index in [4.69, 9.17) is 4.74 Å². The summed E-state index contributed by atoms with van der Waals surface area (Å²) in [5.41, 5.74) is 0.351. The maximum absolute atomic E-state index is 12.7. The molecule has 118 valence electrons. The standard InChI is InChI=1S/C15H19N3O4/c1-3-11-10(4-5-12(19)16-11)13(20)18-7-6-15(9-18)8-17(2)14(21)22-15/h4-5H,3,6-9H2,1-2H3,(H,16,19). The lowest BCUT2D eigenvalue weighted by Crippen LogP contribution is -2.39. The van der Waals surface area contributed by atoms with Gasteiger partial charge < -0.3 is 19.5 Å². The second kappa shape index (κ2) is 5.15. The number of carbonyl (C=O) groups is 2. The molecule has 1 unspecified atom stereocenters. The van der Waals surface area contributed by atoms with Crippen LogP contribution in [-0.4, -0.2) is 59.1 Å². The van der Waals surface area contributed by atoms with Crippen LogP contribution >= 0.6 is 0 Å². The predicted octanol–water partition coefficient (Wildman–Crippen LogP) is 0.604. The number of hydrogen-bond acceptors (Lipinski definition) is 4. The van der Waals surface area contributed by atoms with E-state index < -0.39 is 5.60 Å². The summed E-state index contributed by atoms with van der Waals surface area (Å²) in [5, 5.41) is 0. The number of likely N-dealkylation sites (N-methyl/N-ethyl adjacent to an activating group) is 1. The fraction of sp³-hybridized carbons (Fsp3) is 0.533. The quantitative estimate of drug-likeness (QED) is 0.867. The monoisotopic (exact) mass is 305 g/mol. The molecule has 2 amide bonds. The van der Waals surface area contributed by atoms with Gasteiger partial charge in [-0.25, -0.2) is 4.79 Å². The maximum atomic E-state index is 12.7. The van der Waals surface area contributed by atoms with Crippen LogP contribution in [0.1, 0.15) is 29.4 Å². The van der Waals surface area contributed by atoms with Gasteiger partial charge in [0.05, 0.1) is 18.7 Å². The van der Waals surface area contributed by atoms with E-state index in [0.717, 1.165) is 0 Å².